The van der Waals surface area contributed by atoms with Crippen molar-refractivity contribution >= 4 is 15.9 Å². The molecule has 0 bridgehead atoms. The van der Waals surface area contributed by atoms with Crippen LogP contribution in [0.3, 0.4) is 0 Å². The summed E-state index contributed by atoms with van der Waals surface area (Å²) in [5.41, 5.74) is 2.12. The Labute approximate surface area is 116 Å². The number of aliphatic hydroxyl groups is 1. The summed E-state index contributed by atoms with van der Waals surface area (Å²) in [4.78, 5) is 0. The maximum atomic E-state index is 9.46. The first-order valence-corrected chi connectivity index (χ1v) is 7.42. The number of hydrogen-bond donors (Lipinski definition) is 1. The van der Waals surface area contributed by atoms with E-state index in [1.54, 1.807) is 0 Å². The van der Waals surface area contributed by atoms with Crippen LogP contribution in [0.15, 0.2) is 4.47 Å². The molecule has 1 aliphatic rings. The Morgan fingerprint density at radius 3 is 2.67 bits per heavy atom. The van der Waals surface area contributed by atoms with Crippen LogP contribution in [0.4, 0.5) is 0 Å². The van der Waals surface area contributed by atoms with Gasteiger partial charge in [0.1, 0.15) is 0 Å². The second-order valence-electron chi connectivity index (χ2n) is 4.90. The predicted molar refractivity (Wildman–Crippen MR) is 73.4 cm³/mol. The summed E-state index contributed by atoms with van der Waals surface area (Å²) in [6.07, 6.45) is 3.78. The second kappa shape index (κ2) is 6.17. The summed E-state index contributed by atoms with van der Waals surface area (Å²) >= 11 is 3.57. The van der Waals surface area contributed by atoms with E-state index in [0.717, 1.165) is 48.1 Å². The fourth-order valence-corrected chi connectivity index (χ4v) is 2.81. The molecule has 102 valence electrons. The lowest BCUT2D eigenvalue weighted by Gasteiger charge is -2.25. The van der Waals surface area contributed by atoms with Gasteiger partial charge in [-0.25, -0.2) is 0 Å². The number of halogens is 1. The Hall–Kier alpha value is -0.390. The number of rotatable bonds is 4. The van der Waals surface area contributed by atoms with Crippen LogP contribution in [0.2, 0.25) is 0 Å². The zero-order valence-electron chi connectivity index (χ0n) is 11.0. The molecule has 0 atom stereocenters. The van der Waals surface area contributed by atoms with Gasteiger partial charge in [0.15, 0.2) is 0 Å². The monoisotopic (exact) mass is 316 g/mol. The van der Waals surface area contributed by atoms with Gasteiger partial charge in [-0.15, -0.1) is 0 Å². The van der Waals surface area contributed by atoms with Crippen molar-refractivity contribution in [3.8, 4) is 0 Å². The molecule has 1 heterocycles. The molecule has 1 fully saturated rings. The summed E-state index contributed by atoms with van der Waals surface area (Å²) < 4.78 is 8.99. The zero-order valence-corrected chi connectivity index (χ0v) is 12.6. The fraction of sp³-hybridized carbons (Fsp3) is 0.769. The molecule has 4 nitrogen and oxygen atoms in total. The molecule has 0 aliphatic heterocycles. The van der Waals surface area contributed by atoms with E-state index < -0.39 is 0 Å². The number of ether oxygens (including phenoxy) is 1. The summed E-state index contributed by atoms with van der Waals surface area (Å²) in [5, 5.41) is 13.9. The van der Waals surface area contributed by atoms with Crippen molar-refractivity contribution < 1.29 is 9.84 Å². The molecule has 1 aliphatic carbocycles. The highest BCUT2D eigenvalue weighted by Crippen LogP contribution is 2.25. The van der Waals surface area contributed by atoms with E-state index in [0.29, 0.717) is 6.61 Å². The fourth-order valence-electron chi connectivity index (χ4n) is 2.42. The van der Waals surface area contributed by atoms with Crippen molar-refractivity contribution in [1.29, 1.82) is 0 Å². The van der Waals surface area contributed by atoms with Gasteiger partial charge in [0, 0.05) is 6.54 Å². The van der Waals surface area contributed by atoms with Crippen LogP contribution in [-0.4, -0.2) is 27.1 Å². The van der Waals surface area contributed by atoms with Crippen LogP contribution < -0.4 is 0 Å². The maximum absolute atomic E-state index is 9.46. The molecular formula is C13H21BrN2O2. The summed E-state index contributed by atoms with van der Waals surface area (Å²) in [6, 6.07) is 0. The molecule has 0 radical (unpaired) electrons. The minimum absolute atomic E-state index is 0.125. The highest BCUT2D eigenvalue weighted by molar-refractivity contribution is 9.10. The van der Waals surface area contributed by atoms with Crippen molar-refractivity contribution in [2.45, 2.75) is 64.9 Å². The van der Waals surface area contributed by atoms with Crippen LogP contribution in [0.5, 0.6) is 0 Å². The Bertz CT molecular complexity index is 398. The average molecular weight is 317 g/mol. The van der Waals surface area contributed by atoms with Gasteiger partial charge in [-0.1, -0.05) is 0 Å². The second-order valence-corrected chi connectivity index (χ2v) is 5.70. The molecule has 1 saturated carbocycles. The van der Waals surface area contributed by atoms with Gasteiger partial charge < -0.3 is 9.84 Å². The summed E-state index contributed by atoms with van der Waals surface area (Å²) in [7, 11) is 0. The molecule has 2 rings (SSSR count). The van der Waals surface area contributed by atoms with Crippen LogP contribution in [-0.2, 0) is 17.9 Å². The first-order chi connectivity index (χ1) is 8.61. The van der Waals surface area contributed by atoms with E-state index in [4.69, 9.17) is 4.74 Å². The molecule has 0 amide bonds. The molecule has 0 spiro atoms. The Morgan fingerprint density at radius 2 is 2.06 bits per heavy atom. The lowest BCUT2D eigenvalue weighted by molar-refractivity contribution is -0.0143. The third-order valence-corrected chi connectivity index (χ3v) is 4.58. The molecule has 18 heavy (non-hydrogen) atoms. The van der Waals surface area contributed by atoms with Gasteiger partial charge in [0.05, 0.1) is 34.7 Å². The van der Waals surface area contributed by atoms with Crippen molar-refractivity contribution in [3.63, 3.8) is 0 Å². The predicted octanol–water partition coefficient (Wildman–Crippen LogP) is 2.79. The average Bonchev–Trinajstić information content (AvgIpc) is 2.65. The standard InChI is InChI=1S/C13H21BrN2O2/c1-3-16-12(13(14)9(2)15-16)8-18-11-6-4-10(17)5-7-11/h10-11,17H,3-8H2,1-2H3. The molecule has 1 aromatic heterocycles. The number of aliphatic hydroxyl groups excluding tert-OH is 1. The highest BCUT2D eigenvalue weighted by Gasteiger charge is 2.21. The Morgan fingerprint density at radius 1 is 1.39 bits per heavy atom. The Kier molecular flexibility index (Phi) is 4.81. The van der Waals surface area contributed by atoms with E-state index >= 15 is 0 Å². The number of nitrogens with zero attached hydrogens (tertiary/aromatic N) is 2. The first-order valence-electron chi connectivity index (χ1n) is 6.63. The number of aryl methyl sites for hydroxylation is 2. The van der Waals surface area contributed by atoms with Gasteiger partial charge >= 0.3 is 0 Å². The minimum Gasteiger partial charge on any atom is -0.393 e. The minimum atomic E-state index is -0.125. The third-order valence-electron chi connectivity index (χ3n) is 3.55. The van der Waals surface area contributed by atoms with E-state index in [9.17, 15) is 5.11 Å². The van der Waals surface area contributed by atoms with Crippen molar-refractivity contribution in [1.82, 2.24) is 9.78 Å². The van der Waals surface area contributed by atoms with E-state index in [1.807, 2.05) is 11.6 Å². The topological polar surface area (TPSA) is 47.3 Å². The van der Waals surface area contributed by atoms with Crippen LogP contribution in [0.1, 0.15) is 44.0 Å². The number of aromatic nitrogens is 2. The van der Waals surface area contributed by atoms with Gasteiger partial charge in [-0.2, -0.15) is 5.10 Å². The quantitative estimate of drug-likeness (QED) is 0.929. The molecule has 0 aromatic carbocycles. The SMILES string of the molecule is CCn1nc(C)c(Br)c1COC1CCC(O)CC1. The number of hydrogen-bond acceptors (Lipinski definition) is 3. The van der Waals surface area contributed by atoms with Crippen LogP contribution in [0.25, 0.3) is 0 Å². The molecule has 0 saturated heterocycles. The van der Waals surface area contributed by atoms with Crippen molar-refractivity contribution in [3.05, 3.63) is 15.9 Å². The zero-order chi connectivity index (χ0) is 13.1. The maximum Gasteiger partial charge on any atom is 0.0900 e. The summed E-state index contributed by atoms with van der Waals surface area (Å²) in [6.45, 7) is 5.53. The van der Waals surface area contributed by atoms with Crippen LogP contribution >= 0.6 is 15.9 Å². The smallest absolute Gasteiger partial charge is 0.0900 e. The first kappa shape index (κ1) is 14.0. The molecule has 1 N–H and O–H groups in total. The molecule has 0 unspecified atom stereocenters. The molecule has 1 aromatic rings. The lowest BCUT2D eigenvalue weighted by Crippen LogP contribution is -2.24. The van der Waals surface area contributed by atoms with Crippen molar-refractivity contribution in [2.24, 2.45) is 0 Å². The largest absolute Gasteiger partial charge is 0.393 e. The summed E-state index contributed by atoms with van der Waals surface area (Å²) in [5.74, 6) is 0. The van der Waals surface area contributed by atoms with Gasteiger partial charge in [-0.3, -0.25) is 4.68 Å². The third kappa shape index (κ3) is 3.13. The van der Waals surface area contributed by atoms with Gasteiger partial charge in [-0.05, 0) is 55.5 Å². The van der Waals surface area contributed by atoms with E-state index in [-0.39, 0.29) is 12.2 Å². The van der Waals surface area contributed by atoms with E-state index in [1.165, 1.54) is 0 Å². The van der Waals surface area contributed by atoms with Crippen LogP contribution in [0, 0.1) is 6.92 Å². The van der Waals surface area contributed by atoms with Crippen molar-refractivity contribution in [2.75, 3.05) is 0 Å². The highest BCUT2D eigenvalue weighted by atomic mass is 79.9. The normalized spacial score (nSPS) is 24.4. The van der Waals surface area contributed by atoms with E-state index in [2.05, 4.69) is 28.0 Å². The lowest BCUT2D eigenvalue weighted by atomic mass is 9.95. The van der Waals surface area contributed by atoms with Gasteiger partial charge in [0.2, 0.25) is 0 Å². The molecular weight excluding hydrogens is 296 g/mol. The Balaban J connectivity index is 1.93. The van der Waals surface area contributed by atoms with Gasteiger partial charge in [0.25, 0.3) is 0 Å². The molecule has 5 heteroatoms.